The van der Waals surface area contributed by atoms with Crippen molar-refractivity contribution in [2.24, 2.45) is 0 Å². The van der Waals surface area contributed by atoms with E-state index in [0.717, 1.165) is 0 Å². The van der Waals surface area contributed by atoms with Gasteiger partial charge in [0.25, 0.3) is 0 Å². The standard InChI is InChI=1S/C10H17N3O4S/c1-4-5-18(15,16)13-8(3)10(14)11-9-6-7(2)17-12-9/h6,8,13H,4-5H2,1-3H3,(H,11,12,14)/t8-/m1/s1. The van der Waals surface area contributed by atoms with Crippen molar-refractivity contribution in [2.75, 3.05) is 11.1 Å². The van der Waals surface area contributed by atoms with E-state index in [2.05, 4.69) is 15.2 Å². The number of amides is 1. The molecule has 0 aromatic carbocycles. The molecule has 0 radical (unpaired) electrons. The summed E-state index contributed by atoms with van der Waals surface area (Å²) in [6.45, 7) is 4.91. The summed E-state index contributed by atoms with van der Waals surface area (Å²) in [7, 11) is -3.42. The predicted octanol–water partition coefficient (Wildman–Crippen LogP) is 0.639. The molecule has 7 nitrogen and oxygen atoms in total. The Kier molecular flexibility index (Phi) is 4.85. The van der Waals surface area contributed by atoms with Gasteiger partial charge in [-0.1, -0.05) is 12.1 Å². The lowest BCUT2D eigenvalue weighted by Crippen LogP contribution is -2.42. The third kappa shape index (κ3) is 4.46. The number of carbonyl (C=O) groups excluding carboxylic acids is 1. The molecule has 0 aliphatic heterocycles. The van der Waals surface area contributed by atoms with Crippen molar-refractivity contribution in [3.05, 3.63) is 11.8 Å². The van der Waals surface area contributed by atoms with Crippen molar-refractivity contribution in [3.8, 4) is 0 Å². The molecule has 0 bridgehead atoms. The number of carbonyl (C=O) groups is 1. The zero-order valence-corrected chi connectivity index (χ0v) is 11.4. The molecule has 1 atom stereocenters. The first kappa shape index (κ1) is 14.7. The fraction of sp³-hybridized carbons (Fsp3) is 0.600. The molecule has 1 aromatic heterocycles. The molecule has 1 amide bonds. The highest BCUT2D eigenvalue weighted by molar-refractivity contribution is 7.89. The van der Waals surface area contributed by atoms with Crippen LogP contribution >= 0.6 is 0 Å². The minimum absolute atomic E-state index is 0.00626. The van der Waals surface area contributed by atoms with Crippen LogP contribution in [0.4, 0.5) is 5.82 Å². The molecule has 0 fully saturated rings. The Labute approximate surface area is 106 Å². The van der Waals surface area contributed by atoms with Gasteiger partial charge in [0, 0.05) is 6.07 Å². The number of nitrogens with one attached hydrogen (secondary N) is 2. The number of aryl methyl sites for hydroxylation is 1. The van der Waals surface area contributed by atoms with Crippen molar-refractivity contribution in [1.82, 2.24) is 9.88 Å². The lowest BCUT2D eigenvalue weighted by Gasteiger charge is -2.12. The topological polar surface area (TPSA) is 101 Å². The fourth-order valence-corrected chi connectivity index (χ4v) is 2.61. The molecule has 0 unspecified atom stereocenters. The van der Waals surface area contributed by atoms with Gasteiger partial charge in [0.1, 0.15) is 5.76 Å². The Morgan fingerprint density at radius 3 is 2.72 bits per heavy atom. The lowest BCUT2D eigenvalue weighted by molar-refractivity contribution is -0.117. The van der Waals surface area contributed by atoms with E-state index in [9.17, 15) is 13.2 Å². The van der Waals surface area contributed by atoms with Crippen molar-refractivity contribution >= 4 is 21.7 Å². The van der Waals surface area contributed by atoms with Crippen LogP contribution in [0.3, 0.4) is 0 Å². The van der Waals surface area contributed by atoms with Crippen LogP contribution in [0.1, 0.15) is 26.0 Å². The largest absolute Gasteiger partial charge is 0.360 e. The maximum absolute atomic E-state index is 11.7. The monoisotopic (exact) mass is 275 g/mol. The molecule has 8 heteroatoms. The van der Waals surface area contributed by atoms with E-state index in [1.54, 1.807) is 19.9 Å². The van der Waals surface area contributed by atoms with Gasteiger partial charge in [0.05, 0.1) is 11.8 Å². The summed E-state index contributed by atoms with van der Waals surface area (Å²) in [5.74, 6) is 0.333. The average Bonchev–Trinajstić information content (AvgIpc) is 2.62. The maximum Gasteiger partial charge on any atom is 0.243 e. The summed E-state index contributed by atoms with van der Waals surface area (Å²) in [4.78, 5) is 11.7. The smallest absolute Gasteiger partial charge is 0.243 e. The SMILES string of the molecule is CCCS(=O)(=O)N[C@H](C)C(=O)Nc1cc(C)on1. The van der Waals surface area contributed by atoms with Crippen LogP contribution in [0.15, 0.2) is 10.6 Å². The number of anilines is 1. The Hall–Kier alpha value is -1.41. The predicted molar refractivity (Wildman–Crippen MR) is 66.5 cm³/mol. The van der Waals surface area contributed by atoms with Gasteiger partial charge in [-0.05, 0) is 20.3 Å². The van der Waals surface area contributed by atoms with Gasteiger partial charge in [-0.2, -0.15) is 0 Å². The van der Waals surface area contributed by atoms with E-state index in [-0.39, 0.29) is 11.6 Å². The molecule has 2 N–H and O–H groups in total. The minimum atomic E-state index is -3.42. The van der Waals surface area contributed by atoms with E-state index in [4.69, 9.17) is 4.52 Å². The normalized spacial score (nSPS) is 13.3. The number of sulfonamides is 1. The van der Waals surface area contributed by atoms with E-state index < -0.39 is 22.0 Å². The number of aromatic nitrogens is 1. The van der Waals surface area contributed by atoms with Crippen LogP contribution in [0.25, 0.3) is 0 Å². The molecule has 18 heavy (non-hydrogen) atoms. The molecule has 0 aliphatic rings. The molecule has 0 saturated carbocycles. The van der Waals surface area contributed by atoms with Gasteiger partial charge >= 0.3 is 0 Å². The fourth-order valence-electron chi connectivity index (χ4n) is 1.31. The van der Waals surface area contributed by atoms with E-state index in [1.165, 1.54) is 6.92 Å². The Bertz CT molecular complexity index is 509. The molecule has 0 aliphatic carbocycles. The van der Waals surface area contributed by atoms with Crippen LogP contribution in [0.5, 0.6) is 0 Å². The van der Waals surface area contributed by atoms with E-state index >= 15 is 0 Å². The van der Waals surface area contributed by atoms with Crippen molar-refractivity contribution < 1.29 is 17.7 Å². The highest BCUT2D eigenvalue weighted by atomic mass is 32.2. The van der Waals surface area contributed by atoms with E-state index in [0.29, 0.717) is 12.2 Å². The summed E-state index contributed by atoms with van der Waals surface area (Å²) in [6, 6.07) is 0.684. The van der Waals surface area contributed by atoms with Gasteiger partial charge in [0.15, 0.2) is 5.82 Å². The van der Waals surface area contributed by atoms with Crippen LogP contribution in [-0.2, 0) is 14.8 Å². The second-order valence-corrected chi connectivity index (χ2v) is 5.84. The number of rotatable bonds is 6. The first-order valence-electron chi connectivity index (χ1n) is 5.58. The van der Waals surface area contributed by atoms with Gasteiger partial charge in [-0.15, -0.1) is 0 Å². The van der Waals surface area contributed by atoms with Crippen molar-refractivity contribution in [2.45, 2.75) is 33.2 Å². The molecular weight excluding hydrogens is 258 g/mol. The van der Waals surface area contributed by atoms with Crippen molar-refractivity contribution in [3.63, 3.8) is 0 Å². The van der Waals surface area contributed by atoms with Gasteiger partial charge < -0.3 is 9.84 Å². The zero-order chi connectivity index (χ0) is 13.8. The van der Waals surface area contributed by atoms with Crippen LogP contribution < -0.4 is 10.0 Å². The quantitative estimate of drug-likeness (QED) is 0.793. The Balaban J connectivity index is 2.57. The highest BCUT2D eigenvalue weighted by Gasteiger charge is 2.20. The molecule has 0 saturated heterocycles. The maximum atomic E-state index is 11.7. The molecule has 1 rings (SSSR count). The zero-order valence-electron chi connectivity index (χ0n) is 10.6. The van der Waals surface area contributed by atoms with Crippen LogP contribution in [-0.4, -0.2) is 31.3 Å². The van der Waals surface area contributed by atoms with Crippen molar-refractivity contribution in [1.29, 1.82) is 0 Å². The van der Waals surface area contributed by atoms with Crippen LogP contribution in [0, 0.1) is 6.92 Å². The molecular formula is C10H17N3O4S. The Morgan fingerprint density at radius 2 is 2.22 bits per heavy atom. The second-order valence-electron chi connectivity index (χ2n) is 3.97. The Morgan fingerprint density at radius 1 is 1.56 bits per heavy atom. The van der Waals surface area contributed by atoms with Crippen LogP contribution in [0.2, 0.25) is 0 Å². The van der Waals surface area contributed by atoms with Gasteiger partial charge in [-0.3, -0.25) is 4.79 Å². The number of hydrogen-bond donors (Lipinski definition) is 2. The molecule has 0 spiro atoms. The molecule has 1 heterocycles. The third-order valence-corrected chi connectivity index (χ3v) is 3.76. The first-order valence-corrected chi connectivity index (χ1v) is 7.23. The van der Waals surface area contributed by atoms with Gasteiger partial charge in [0.2, 0.25) is 15.9 Å². The molecule has 102 valence electrons. The summed E-state index contributed by atoms with van der Waals surface area (Å²) >= 11 is 0. The summed E-state index contributed by atoms with van der Waals surface area (Å²) in [5, 5.41) is 6.04. The highest BCUT2D eigenvalue weighted by Crippen LogP contribution is 2.07. The van der Waals surface area contributed by atoms with Gasteiger partial charge in [-0.25, -0.2) is 13.1 Å². The first-order chi connectivity index (χ1) is 8.34. The number of hydrogen-bond acceptors (Lipinski definition) is 5. The lowest BCUT2D eigenvalue weighted by atomic mass is 10.3. The number of nitrogens with zero attached hydrogens (tertiary/aromatic N) is 1. The summed E-state index contributed by atoms with van der Waals surface area (Å²) < 4.78 is 30.0. The minimum Gasteiger partial charge on any atom is -0.360 e. The average molecular weight is 275 g/mol. The molecule has 1 aromatic rings. The third-order valence-electron chi connectivity index (χ3n) is 2.10. The summed E-state index contributed by atoms with van der Waals surface area (Å²) in [6.07, 6.45) is 0.492. The second kappa shape index (κ2) is 5.96. The van der Waals surface area contributed by atoms with E-state index in [1.807, 2.05) is 0 Å². The summed E-state index contributed by atoms with van der Waals surface area (Å²) in [5.41, 5.74) is 0.